The van der Waals surface area contributed by atoms with Gasteiger partial charge in [-0.1, -0.05) is 81.6 Å². The molecule has 12 nitrogen and oxygen atoms in total. The molecule has 2 aliphatic rings. The number of primary amides is 1. The van der Waals surface area contributed by atoms with Gasteiger partial charge in [-0.25, -0.2) is 13.2 Å². The third-order valence-electron chi connectivity index (χ3n) is 10.2. The lowest BCUT2D eigenvalue weighted by Gasteiger charge is -2.49. The maximum atomic E-state index is 14.4. The lowest BCUT2D eigenvalue weighted by Crippen LogP contribution is -2.65. The molecule has 5 N–H and O–H groups in total. The minimum atomic E-state index is -3.59. The molecule has 2 unspecified atom stereocenters. The molecule has 0 aromatic heterocycles. The van der Waals surface area contributed by atoms with Crippen LogP contribution in [0.2, 0.25) is 0 Å². The number of urea groups is 1. The van der Waals surface area contributed by atoms with E-state index >= 15 is 0 Å². The van der Waals surface area contributed by atoms with Crippen LogP contribution in [0.15, 0.2) is 0 Å². The summed E-state index contributed by atoms with van der Waals surface area (Å²) in [5, 5.41) is 8.39. The van der Waals surface area contributed by atoms with Crippen LogP contribution in [0.3, 0.4) is 0 Å². The Kier molecular flexibility index (Phi) is 12.4. The van der Waals surface area contributed by atoms with Gasteiger partial charge in [0.15, 0.2) is 9.84 Å². The molecule has 1 aliphatic heterocycles. The van der Waals surface area contributed by atoms with Crippen LogP contribution < -0.4 is 21.7 Å². The maximum Gasteiger partial charge on any atom is 0.315 e. The van der Waals surface area contributed by atoms with Crippen LogP contribution in [0.1, 0.15) is 115 Å². The molecule has 0 radical (unpaired) electrons. The summed E-state index contributed by atoms with van der Waals surface area (Å²) in [5.74, 6) is -3.08. The molecule has 0 bridgehead atoms. The number of carbonyl (C=O) groups excluding carboxylic acids is 5. The van der Waals surface area contributed by atoms with E-state index in [0.29, 0.717) is 12.8 Å². The Balaban J connectivity index is 2.40. The summed E-state index contributed by atoms with van der Waals surface area (Å²) in [6.45, 7) is 22.0. The molecular formula is C34H61N5O7S. The molecule has 0 aromatic carbocycles. The second kappa shape index (κ2) is 14.4. The smallest absolute Gasteiger partial charge is 0.315 e. The van der Waals surface area contributed by atoms with Crippen molar-refractivity contribution in [3.05, 3.63) is 0 Å². The second-order valence-electron chi connectivity index (χ2n) is 17.7. The molecule has 2 rings (SSSR count). The molecule has 0 aromatic rings. The molecule has 47 heavy (non-hydrogen) atoms. The van der Waals surface area contributed by atoms with Crippen molar-refractivity contribution in [1.29, 1.82) is 0 Å². The Morgan fingerprint density at radius 3 is 1.87 bits per heavy atom. The number of nitrogens with two attached hydrogens (primary N) is 1. The third-order valence-corrected chi connectivity index (χ3v) is 12.9. The molecule has 5 atom stereocenters. The number of rotatable bonds is 11. The van der Waals surface area contributed by atoms with E-state index in [-0.39, 0.29) is 29.5 Å². The number of nitrogens with one attached hydrogen (secondary N) is 3. The van der Waals surface area contributed by atoms with E-state index < -0.39 is 79.1 Å². The molecule has 5 amide bonds. The van der Waals surface area contributed by atoms with Crippen LogP contribution in [0, 0.1) is 28.1 Å². The minimum Gasteiger partial charge on any atom is -0.363 e. The molecule has 2 fully saturated rings. The standard InChI is InChI=1S/C34H61N5O7S/c1-20-18-39(23(17-34(20,11)12)28(42)36-22(25(40)27(35)41)16-21-14-13-15-21)29(43)26(32(5,6)7)38-30(44)37-24(31(2,3)4)19-47(45,46)33(8,9)10/h20-24,26H,13-19H2,1-12H3,(H2,35,41)(H,36,42)(H2,37,38,44)/t20?,22?,23-,24+,26+/m0/s1. The average molecular weight is 684 g/mol. The minimum absolute atomic E-state index is 0.00385. The molecule has 0 spiro atoms. The highest BCUT2D eigenvalue weighted by atomic mass is 32.2. The summed E-state index contributed by atoms with van der Waals surface area (Å²) in [6.07, 6.45) is 3.42. The van der Waals surface area contributed by atoms with Gasteiger partial charge in [-0.05, 0) is 61.7 Å². The van der Waals surface area contributed by atoms with Crippen LogP contribution in [0.5, 0.6) is 0 Å². The Morgan fingerprint density at radius 2 is 1.45 bits per heavy atom. The molecule has 1 saturated heterocycles. The van der Waals surface area contributed by atoms with Crippen molar-refractivity contribution in [3.8, 4) is 0 Å². The zero-order valence-electron chi connectivity index (χ0n) is 30.7. The fourth-order valence-corrected chi connectivity index (χ4v) is 7.34. The topological polar surface area (TPSA) is 185 Å². The third kappa shape index (κ3) is 10.4. The first-order valence-electron chi connectivity index (χ1n) is 16.8. The Morgan fingerprint density at radius 1 is 0.894 bits per heavy atom. The fraction of sp³-hybridized carbons (Fsp3) is 0.853. The van der Waals surface area contributed by atoms with Gasteiger partial charge in [0, 0.05) is 12.6 Å². The highest BCUT2D eigenvalue weighted by molar-refractivity contribution is 7.92. The van der Waals surface area contributed by atoms with Crippen molar-refractivity contribution in [2.24, 2.45) is 33.8 Å². The quantitative estimate of drug-likeness (QED) is 0.241. The number of sulfone groups is 1. The van der Waals surface area contributed by atoms with Crippen LogP contribution >= 0.6 is 0 Å². The Bertz CT molecular complexity index is 1300. The first kappa shape index (κ1) is 40.5. The number of hydrogen-bond acceptors (Lipinski definition) is 7. The van der Waals surface area contributed by atoms with Gasteiger partial charge in [0.05, 0.1) is 16.5 Å². The van der Waals surface area contributed by atoms with Gasteiger partial charge >= 0.3 is 6.03 Å². The van der Waals surface area contributed by atoms with Gasteiger partial charge in [0.1, 0.15) is 12.1 Å². The zero-order chi connectivity index (χ0) is 36.5. The predicted molar refractivity (Wildman–Crippen MR) is 183 cm³/mol. The summed E-state index contributed by atoms with van der Waals surface area (Å²) >= 11 is 0. The van der Waals surface area contributed by atoms with Crippen LogP contribution in [0.4, 0.5) is 4.79 Å². The number of carbonyl (C=O) groups is 5. The SMILES string of the molecule is CC1CN(C(=O)[C@@H](NC(=O)N[C@H](CS(=O)(=O)C(C)(C)C)C(C)(C)C)C(C)(C)C)[C@H](C(=O)NC(CC2CCC2)C(=O)C(N)=O)CC1(C)C. The number of Topliss-reactive ketones (excluding diaryl/α,β-unsaturated/α-hetero) is 1. The highest BCUT2D eigenvalue weighted by Crippen LogP contribution is 2.40. The Hall–Kier alpha value is -2.70. The first-order valence-corrected chi connectivity index (χ1v) is 18.5. The maximum absolute atomic E-state index is 14.4. The number of hydrogen-bond donors (Lipinski definition) is 4. The van der Waals surface area contributed by atoms with E-state index in [1.165, 1.54) is 4.90 Å². The Labute approximate surface area is 282 Å². The largest absolute Gasteiger partial charge is 0.363 e. The van der Waals surface area contributed by atoms with Crippen molar-refractivity contribution in [1.82, 2.24) is 20.9 Å². The lowest BCUT2D eigenvalue weighted by atomic mass is 9.71. The van der Waals surface area contributed by atoms with Gasteiger partial charge in [-0.3, -0.25) is 19.2 Å². The van der Waals surface area contributed by atoms with E-state index in [4.69, 9.17) is 5.73 Å². The van der Waals surface area contributed by atoms with Crippen LogP contribution in [0.25, 0.3) is 0 Å². The average Bonchev–Trinajstić information content (AvgIpc) is 2.86. The summed E-state index contributed by atoms with van der Waals surface area (Å²) in [5.41, 5.74) is 3.58. The zero-order valence-corrected chi connectivity index (χ0v) is 31.5. The number of likely N-dealkylation sites (tertiary alicyclic amines) is 1. The van der Waals surface area contributed by atoms with E-state index in [2.05, 4.69) is 16.0 Å². The van der Waals surface area contributed by atoms with E-state index in [1.807, 2.05) is 41.5 Å². The van der Waals surface area contributed by atoms with Crippen LogP contribution in [-0.4, -0.2) is 84.1 Å². The highest BCUT2D eigenvalue weighted by Gasteiger charge is 2.48. The molecule has 1 heterocycles. The van der Waals surface area contributed by atoms with Crippen molar-refractivity contribution in [2.75, 3.05) is 12.3 Å². The van der Waals surface area contributed by atoms with Gasteiger partial charge in [0.25, 0.3) is 5.91 Å². The molecule has 1 aliphatic carbocycles. The van der Waals surface area contributed by atoms with Crippen molar-refractivity contribution in [2.45, 2.75) is 144 Å². The summed E-state index contributed by atoms with van der Waals surface area (Å²) in [4.78, 5) is 67.9. The van der Waals surface area contributed by atoms with Crippen LogP contribution in [-0.2, 0) is 29.0 Å². The van der Waals surface area contributed by atoms with E-state index in [9.17, 15) is 32.4 Å². The molecule has 13 heteroatoms. The monoisotopic (exact) mass is 683 g/mol. The van der Waals surface area contributed by atoms with Gasteiger partial charge in [0.2, 0.25) is 17.6 Å². The molecule has 270 valence electrons. The summed E-state index contributed by atoms with van der Waals surface area (Å²) < 4.78 is 25.2. The summed E-state index contributed by atoms with van der Waals surface area (Å²) in [7, 11) is -3.59. The number of amides is 5. The fourth-order valence-electron chi connectivity index (χ4n) is 5.81. The lowest BCUT2D eigenvalue weighted by molar-refractivity contribution is -0.151. The number of nitrogens with zero attached hydrogens (tertiary/aromatic N) is 1. The first-order chi connectivity index (χ1) is 21.1. The summed E-state index contributed by atoms with van der Waals surface area (Å²) in [6, 6.07) is -4.57. The van der Waals surface area contributed by atoms with Crippen molar-refractivity contribution < 1.29 is 32.4 Å². The van der Waals surface area contributed by atoms with Crippen molar-refractivity contribution in [3.63, 3.8) is 0 Å². The predicted octanol–water partition coefficient (Wildman–Crippen LogP) is 3.32. The van der Waals surface area contributed by atoms with Crippen molar-refractivity contribution >= 4 is 39.4 Å². The second-order valence-corrected chi connectivity index (χ2v) is 20.4. The van der Waals surface area contributed by atoms with Gasteiger partial charge < -0.3 is 26.6 Å². The van der Waals surface area contributed by atoms with Gasteiger partial charge in [-0.2, -0.15) is 0 Å². The number of ketones is 1. The van der Waals surface area contributed by atoms with Gasteiger partial charge in [-0.15, -0.1) is 0 Å². The molecule has 1 saturated carbocycles. The normalized spacial score (nSPS) is 22.7. The van der Waals surface area contributed by atoms with E-state index in [1.54, 1.807) is 41.5 Å². The molecular weight excluding hydrogens is 622 g/mol. The number of piperidine rings is 1. The van der Waals surface area contributed by atoms with E-state index in [0.717, 1.165) is 19.3 Å².